The first-order chi connectivity index (χ1) is 9.54. The molecule has 0 fully saturated rings. The summed E-state index contributed by atoms with van der Waals surface area (Å²) in [5.41, 5.74) is 8.79. The Morgan fingerprint density at radius 2 is 2.20 bits per heavy atom. The Balaban J connectivity index is 1.94. The quantitative estimate of drug-likeness (QED) is 0.633. The van der Waals surface area contributed by atoms with Gasteiger partial charge in [0.25, 0.3) is 5.91 Å². The maximum atomic E-state index is 12.3. The summed E-state index contributed by atoms with van der Waals surface area (Å²) in [7, 11) is 0. The molecule has 0 atom stereocenters. The van der Waals surface area contributed by atoms with E-state index >= 15 is 0 Å². The van der Waals surface area contributed by atoms with E-state index in [2.05, 4.69) is 15.3 Å². The fourth-order valence-corrected chi connectivity index (χ4v) is 2.83. The Bertz CT molecular complexity index is 783. The first-order valence-corrected chi connectivity index (χ1v) is 6.98. The third-order valence-electron chi connectivity index (χ3n) is 3.20. The second-order valence-corrected chi connectivity index (χ2v) is 5.83. The lowest BCUT2D eigenvalue weighted by Crippen LogP contribution is -2.11. The van der Waals surface area contributed by atoms with Crippen molar-refractivity contribution in [3.63, 3.8) is 0 Å². The number of rotatable bonds is 2. The number of anilines is 2. The van der Waals surface area contributed by atoms with E-state index < -0.39 is 0 Å². The second-order valence-electron chi connectivity index (χ2n) is 4.62. The van der Waals surface area contributed by atoms with Crippen LogP contribution in [0.2, 0.25) is 0 Å². The predicted molar refractivity (Wildman–Crippen MR) is 82.3 cm³/mol. The number of aryl methyl sites for hydroxylation is 2. The van der Waals surface area contributed by atoms with Crippen LogP contribution in [0.5, 0.6) is 0 Å². The lowest BCUT2D eigenvalue weighted by atomic mass is 10.1. The van der Waals surface area contributed by atoms with Crippen molar-refractivity contribution >= 4 is 39.0 Å². The third kappa shape index (κ3) is 2.14. The summed E-state index contributed by atoms with van der Waals surface area (Å²) >= 11 is 1.47. The summed E-state index contributed by atoms with van der Waals surface area (Å²) in [6.45, 7) is 3.91. The average Bonchev–Trinajstić information content (AvgIpc) is 2.93. The van der Waals surface area contributed by atoms with Crippen LogP contribution < -0.4 is 11.1 Å². The molecular weight excluding hydrogens is 272 g/mol. The molecule has 0 aliphatic carbocycles. The third-order valence-corrected chi connectivity index (χ3v) is 4.19. The van der Waals surface area contributed by atoms with Crippen molar-refractivity contribution in [2.45, 2.75) is 13.8 Å². The number of nitrogens with one attached hydrogen (secondary N) is 2. The lowest BCUT2D eigenvalue weighted by Gasteiger charge is -2.00. The van der Waals surface area contributed by atoms with Gasteiger partial charge in [0.1, 0.15) is 0 Å². The normalized spacial score (nSPS) is 10.9. The van der Waals surface area contributed by atoms with Gasteiger partial charge in [-0.2, -0.15) is 0 Å². The Labute approximate surface area is 119 Å². The molecule has 102 valence electrons. The van der Waals surface area contributed by atoms with Crippen LogP contribution in [0.3, 0.4) is 0 Å². The monoisotopic (exact) mass is 286 g/mol. The number of H-pyrrole nitrogens is 1. The van der Waals surface area contributed by atoms with Crippen LogP contribution in [-0.4, -0.2) is 15.9 Å². The Morgan fingerprint density at radius 1 is 1.40 bits per heavy atom. The van der Waals surface area contributed by atoms with Crippen molar-refractivity contribution in [2.75, 3.05) is 11.1 Å². The number of nitrogen functional groups attached to an aromatic ring is 1. The molecule has 6 heteroatoms. The number of hydrogen-bond donors (Lipinski definition) is 3. The number of thiazole rings is 1. The van der Waals surface area contributed by atoms with Crippen LogP contribution in [0.15, 0.2) is 24.4 Å². The number of fused-ring (bicyclic) bond motifs is 1. The molecule has 0 bridgehead atoms. The van der Waals surface area contributed by atoms with Gasteiger partial charge in [-0.15, -0.1) is 11.3 Å². The SMILES string of the molecule is Cc1nc(NC(=O)c2c[nH]c3ccc(N)cc23)sc1C. The number of aromatic amines is 1. The first-order valence-electron chi connectivity index (χ1n) is 6.16. The number of aromatic nitrogens is 2. The van der Waals surface area contributed by atoms with Gasteiger partial charge in [-0.3, -0.25) is 10.1 Å². The van der Waals surface area contributed by atoms with Crippen LogP contribution in [0, 0.1) is 13.8 Å². The predicted octanol–water partition coefficient (Wildman–Crippen LogP) is 3.08. The lowest BCUT2D eigenvalue weighted by molar-refractivity contribution is 0.102. The highest BCUT2D eigenvalue weighted by Gasteiger charge is 2.14. The Hall–Kier alpha value is -2.34. The number of carbonyl (C=O) groups is 1. The van der Waals surface area contributed by atoms with E-state index in [0.717, 1.165) is 21.5 Å². The van der Waals surface area contributed by atoms with E-state index in [-0.39, 0.29) is 5.91 Å². The fraction of sp³-hybridized carbons (Fsp3) is 0.143. The molecule has 0 spiro atoms. The molecular formula is C14H14N4OS. The summed E-state index contributed by atoms with van der Waals surface area (Å²) in [6.07, 6.45) is 1.69. The first kappa shape index (κ1) is 12.7. The van der Waals surface area contributed by atoms with Gasteiger partial charge in [0, 0.05) is 27.7 Å². The molecule has 0 unspecified atom stereocenters. The molecule has 4 N–H and O–H groups in total. The highest BCUT2D eigenvalue weighted by atomic mass is 32.1. The van der Waals surface area contributed by atoms with E-state index in [0.29, 0.717) is 16.4 Å². The number of benzene rings is 1. The van der Waals surface area contributed by atoms with Crippen molar-refractivity contribution in [1.82, 2.24) is 9.97 Å². The molecule has 0 aliphatic heterocycles. The minimum atomic E-state index is -0.185. The average molecular weight is 286 g/mol. The molecule has 0 aliphatic rings. The van der Waals surface area contributed by atoms with Gasteiger partial charge >= 0.3 is 0 Å². The van der Waals surface area contributed by atoms with Crippen molar-refractivity contribution < 1.29 is 4.79 Å². The van der Waals surface area contributed by atoms with Gasteiger partial charge in [0.2, 0.25) is 0 Å². The number of amides is 1. The highest BCUT2D eigenvalue weighted by Crippen LogP contribution is 2.24. The highest BCUT2D eigenvalue weighted by molar-refractivity contribution is 7.15. The van der Waals surface area contributed by atoms with Crippen LogP contribution in [0.1, 0.15) is 20.9 Å². The zero-order chi connectivity index (χ0) is 14.3. The van der Waals surface area contributed by atoms with Crippen LogP contribution in [0.25, 0.3) is 10.9 Å². The standard InChI is InChI=1S/C14H14N4OS/c1-7-8(2)20-14(17-7)18-13(19)11-6-16-12-4-3-9(15)5-10(11)12/h3-6,16H,15H2,1-2H3,(H,17,18,19). The molecule has 1 aromatic carbocycles. The minimum absolute atomic E-state index is 0.185. The zero-order valence-corrected chi connectivity index (χ0v) is 12.0. The topological polar surface area (TPSA) is 83.8 Å². The van der Waals surface area contributed by atoms with Crippen LogP contribution in [0.4, 0.5) is 10.8 Å². The van der Waals surface area contributed by atoms with E-state index in [9.17, 15) is 4.79 Å². The summed E-state index contributed by atoms with van der Waals surface area (Å²) < 4.78 is 0. The molecule has 0 radical (unpaired) electrons. The Morgan fingerprint density at radius 3 is 2.90 bits per heavy atom. The van der Waals surface area contributed by atoms with E-state index in [1.807, 2.05) is 19.9 Å². The molecule has 20 heavy (non-hydrogen) atoms. The van der Waals surface area contributed by atoms with E-state index in [4.69, 9.17) is 5.73 Å². The molecule has 2 aromatic heterocycles. The molecule has 1 amide bonds. The maximum absolute atomic E-state index is 12.3. The van der Waals surface area contributed by atoms with Gasteiger partial charge in [-0.1, -0.05) is 0 Å². The fourth-order valence-electron chi connectivity index (χ4n) is 2.02. The minimum Gasteiger partial charge on any atom is -0.399 e. The molecule has 0 saturated carbocycles. The van der Waals surface area contributed by atoms with Gasteiger partial charge in [0.05, 0.1) is 11.3 Å². The van der Waals surface area contributed by atoms with Crippen molar-refractivity contribution in [1.29, 1.82) is 0 Å². The van der Waals surface area contributed by atoms with Gasteiger partial charge in [-0.05, 0) is 32.0 Å². The number of carbonyl (C=O) groups excluding carboxylic acids is 1. The molecule has 0 saturated heterocycles. The van der Waals surface area contributed by atoms with E-state index in [1.165, 1.54) is 11.3 Å². The number of hydrogen-bond acceptors (Lipinski definition) is 4. The largest absolute Gasteiger partial charge is 0.399 e. The van der Waals surface area contributed by atoms with Crippen molar-refractivity contribution in [3.8, 4) is 0 Å². The van der Waals surface area contributed by atoms with Gasteiger partial charge in [-0.25, -0.2) is 4.98 Å². The Kier molecular flexibility index (Phi) is 2.94. The smallest absolute Gasteiger partial charge is 0.259 e. The summed E-state index contributed by atoms with van der Waals surface area (Å²) in [5, 5.41) is 4.25. The van der Waals surface area contributed by atoms with E-state index in [1.54, 1.807) is 18.3 Å². The maximum Gasteiger partial charge on any atom is 0.259 e. The second kappa shape index (κ2) is 4.64. The summed E-state index contributed by atoms with van der Waals surface area (Å²) in [6, 6.07) is 5.45. The summed E-state index contributed by atoms with van der Waals surface area (Å²) in [5.74, 6) is -0.185. The van der Waals surface area contributed by atoms with Gasteiger partial charge in [0.15, 0.2) is 5.13 Å². The van der Waals surface area contributed by atoms with Crippen molar-refractivity contribution in [2.24, 2.45) is 0 Å². The molecule has 2 heterocycles. The molecule has 3 rings (SSSR count). The number of nitrogens with two attached hydrogens (primary N) is 1. The van der Waals surface area contributed by atoms with Crippen LogP contribution in [-0.2, 0) is 0 Å². The van der Waals surface area contributed by atoms with Gasteiger partial charge < -0.3 is 10.7 Å². The molecule has 5 nitrogen and oxygen atoms in total. The van der Waals surface area contributed by atoms with Crippen molar-refractivity contribution in [3.05, 3.63) is 40.5 Å². The number of nitrogens with zero attached hydrogens (tertiary/aromatic N) is 1. The molecule has 3 aromatic rings. The summed E-state index contributed by atoms with van der Waals surface area (Å²) in [4.78, 5) is 20.8. The van der Waals surface area contributed by atoms with Crippen LogP contribution >= 0.6 is 11.3 Å². The zero-order valence-electron chi connectivity index (χ0n) is 11.2.